The highest BCUT2D eigenvalue weighted by Gasteiger charge is 2.07. The van der Waals surface area contributed by atoms with E-state index >= 15 is 0 Å². The molecule has 3 aromatic heterocycles. The second-order valence-electron chi connectivity index (χ2n) is 4.01. The summed E-state index contributed by atoms with van der Waals surface area (Å²) in [5.41, 5.74) is 3.09. The van der Waals surface area contributed by atoms with Crippen molar-refractivity contribution in [3.05, 3.63) is 48.3 Å². The Labute approximate surface area is 104 Å². The van der Waals surface area contributed by atoms with Crippen molar-refractivity contribution in [2.24, 2.45) is 0 Å². The number of pyridine rings is 1. The first-order chi connectivity index (χ1) is 8.86. The van der Waals surface area contributed by atoms with Crippen molar-refractivity contribution in [1.82, 2.24) is 19.9 Å². The average Bonchev–Trinajstić information content (AvgIpc) is 2.82. The molecule has 18 heavy (non-hydrogen) atoms. The van der Waals surface area contributed by atoms with Gasteiger partial charge in [-0.05, 0) is 17.2 Å². The first-order valence-electron chi connectivity index (χ1n) is 5.60. The maximum absolute atomic E-state index is 5.20. The predicted octanol–water partition coefficient (Wildman–Crippen LogP) is 1.95. The number of fused-ring (bicyclic) bond motifs is 1. The quantitative estimate of drug-likeness (QED) is 0.760. The molecule has 90 valence electrons. The van der Waals surface area contributed by atoms with Gasteiger partial charge in [-0.3, -0.25) is 0 Å². The molecule has 0 amide bonds. The zero-order chi connectivity index (χ0) is 12.4. The molecule has 0 saturated carbocycles. The van der Waals surface area contributed by atoms with Crippen LogP contribution in [0.3, 0.4) is 0 Å². The molecule has 0 radical (unpaired) electrons. The Morgan fingerprint density at radius 1 is 1.22 bits per heavy atom. The number of nitrogens with one attached hydrogen (secondary N) is 1. The highest BCUT2D eigenvalue weighted by Crippen LogP contribution is 2.23. The molecular formula is C13H12N4O. The van der Waals surface area contributed by atoms with Gasteiger partial charge in [0.1, 0.15) is 17.7 Å². The zero-order valence-electron chi connectivity index (χ0n) is 9.92. The molecule has 0 aromatic carbocycles. The zero-order valence-corrected chi connectivity index (χ0v) is 9.92. The van der Waals surface area contributed by atoms with Crippen LogP contribution < -0.4 is 4.74 Å². The van der Waals surface area contributed by atoms with Gasteiger partial charge in [0, 0.05) is 30.4 Å². The molecule has 3 heterocycles. The number of hydrogen-bond acceptors (Lipinski definition) is 4. The monoisotopic (exact) mass is 240 g/mol. The molecule has 0 unspecified atom stereocenters. The molecule has 3 rings (SSSR count). The first-order valence-corrected chi connectivity index (χ1v) is 5.60. The van der Waals surface area contributed by atoms with Crippen LogP contribution in [0, 0.1) is 0 Å². The Morgan fingerprint density at radius 3 is 2.83 bits per heavy atom. The number of hydrogen-bond donors (Lipinski definition) is 1. The third-order valence-electron chi connectivity index (χ3n) is 2.84. The predicted molar refractivity (Wildman–Crippen MR) is 67.5 cm³/mol. The summed E-state index contributed by atoms with van der Waals surface area (Å²) in [4.78, 5) is 15.5. The van der Waals surface area contributed by atoms with Gasteiger partial charge >= 0.3 is 0 Å². The molecule has 0 fully saturated rings. The summed E-state index contributed by atoms with van der Waals surface area (Å²) in [5.74, 6) is 0.757. The summed E-state index contributed by atoms with van der Waals surface area (Å²) in [6.45, 7) is 0. The summed E-state index contributed by atoms with van der Waals surface area (Å²) in [7, 11) is 1.64. The van der Waals surface area contributed by atoms with Crippen LogP contribution in [0.4, 0.5) is 0 Å². The van der Waals surface area contributed by atoms with Gasteiger partial charge < -0.3 is 9.72 Å². The highest BCUT2D eigenvalue weighted by molar-refractivity contribution is 5.81. The van der Waals surface area contributed by atoms with Crippen molar-refractivity contribution in [1.29, 1.82) is 0 Å². The molecule has 1 N–H and O–H groups in total. The number of H-pyrrole nitrogens is 1. The van der Waals surface area contributed by atoms with E-state index in [1.807, 2.05) is 24.7 Å². The van der Waals surface area contributed by atoms with Gasteiger partial charge in [0.05, 0.1) is 13.3 Å². The van der Waals surface area contributed by atoms with Crippen molar-refractivity contribution in [2.75, 3.05) is 7.11 Å². The van der Waals surface area contributed by atoms with Gasteiger partial charge in [0.15, 0.2) is 0 Å². The normalized spacial score (nSPS) is 10.7. The number of ether oxygens (including phenoxy) is 1. The maximum atomic E-state index is 5.20. The molecule has 0 spiro atoms. The smallest absolute Gasteiger partial charge is 0.137 e. The summed E-state index contributed by atoms with van der Waals surface area (Å²) in [6, 6.07) is 1.98. The third-order valence-corrected chi connectivity index (χ3v) is 2.84. The summed E-state index contributed by atoms with van der Waals surface area (Å²) in [6.07, 6.45) is 9.61. The minimum absolute atomic E-state index is 0.757. The lowest BCUT2D eigenvalue weighted by Crippen LogP contribution is -1.90. The van der Waals surface area contributed by atoms with Crippen molar-refractivity contribution < 1.29 is 4.74 Å². The Morgan fingerprint density at radius 2 is 2.06 bits per heavy atom. The molecule has 0 aliphatic rings. The third kappa shape index (κ3) is 1.90. The second kappa shape index (κ2) is 4.44. The van der Waals surface area contributed by atoms with E-state index in [0.29, 0.717) is 0 Å². The lowest BCUT2D eigenvalue weighted by Gasteiger charge is -2.01. The van der Waals surface area contributed by atoms with Crippen LogP contribution in [0.2, 0.25) is 0 Å². The van der Waals surface area contributed by atoms with Gasteiger partial charge in [0.2, 0.25) is 0 Å². The van der Waals surface area contributed by atoms with Crippen LogP contribution >= 0.6 is 0 Å². The first kappa shape index (κ1) is 10.7. The number of aromatic amines is 1. The van der Waals surface area contributed by atoms with E-state index in [2.05, 4.69) is 19.9 Å². The molecule has 0 atom stereocenters. The van der Waals surface area contributed by atoms with E-state index in [1.54, 1.807) is 13.3 Å². The Balaban J connectivity index is 2.01. The van der Waals surface area contributed by atoms with Crippen molar-refractivity contribution in [3.8, 4) is 5.75 Å². The molecule has 0 aliphatic heterocycles. The van der Waals surface area contributed by atoms with Crippen molar-refractivity contribution in [2.45, 2.75) is 6.42 Å². The summed E-state index contributed by atoms with van der Waals surface area (Å²) >= 11 is 0. The van der Waals surface area contributed by atoms with Crippen LogP contribution in [-0.2, 0) is 6.42 Å². The second-order valence-corrected chi connectivity index (χ2v) is 4.01. The van der Waals surface area contributed by atoms with E-state index < -0.39 is 0 Å². The van der Waals surface area contributed by atoms with Crippen LogP contribution in [0.5, 0.6) is 5.75 Å². The highest BCUT2D eigenvalue weighted by atomic mass is 16.5. The largest absolute Gasteiger partial charge is 0.495 e. The number of methoxy groups -OCH3 is 1. The van der Waals surface area contributed by atoms with Gasteiger partial charge in [-0.1, -0.05) is 0 Å². The molecule has 5 heteroatoms. The van der Waals surface area contributed by atoms with Gasteiger partial charge in [0.25, 0.3) is 0 Å². The van der Waals surface area contributed by atoms with Crippen LogP contribution in [0.25, 0.3) is 11.0 Å². The fourth-order valence-electron chi connectivity index (χ4n) is 1.94. The lowest BCUT2D eigenvalue weighted by molar-refractivity contribution is 0.413. The van der Waals surface area contributed by atoms with E-state index in [4.69, 9.17) is 4.74 Å². The maximum Gasteiger partial charge on any atom is 0.137 e. The molecule has 5 nitrogen and oxygen atoms in total. The number of nitrogens with zero attached hydrogens (tertiary/aromatic N) is 3. The number of aromatic nitrogens is 4. The van der Waals surface area contributed by atoms with Gasteiger partial charge in [-0.2, -0.15) is 0 Å². The van der Waals surface area contributed by atoms with Crippen LogP contribution in [0.15, 0.2) is 37.2 Å². The SMILES string of the molecule is COc1cnc2[nH]cc(Cc3cncnc3)c2c1. The van der Waals surface area contributed by atoms with E-state index in [1.165, 1.54) is 6.33 Å². The van der Waals surface area contributed by atoms with E-state index in [-0.39, 0.29) is 0 Å². The lowest BCUT2D eigenvalue weighted by atomic mass is 10.1. The Bertz CT molecular complexity index is 663. The molecule has 3 aromatic rings. The van der Waals surface area contributed by atoms with Crippen LogP contribution in [0.1, 0.15) is 11.1 Å². The summed E-state index contributed by atoms with van der Waals surface area (Å²) < 4.78 is 5.20. The van der Waals surface area contributed by atoms with E-state index in [0.717, 1.165) is 34.3 Å². The van der Waals surface area contributed by atoms with Gasteiger partial charge in [-0.25, -0.2) is 15.0 Å². The van der Waals surface area contributed by atoms with Crippen molar-refractivity contribution in [3.63, 3.8) is 0 Å². The average molecular weight is 240 g/mol. The van der Waals surface area contributed by atoms with Crippen molar-refractivity contribution >= 4 is 11.0 Å². The molecular weight excluding hydrogens is 228 g/mol. The molecule has 0 aliphatic carbocycles. The molecule has 0 bridgehead atoms. The molecule has 0 saturated heterocycles. The van der Waals surface area contributed by atoms with Crippen LogP contribution in [-0.4, -0.2) is 27.0 Å². The van der Waals surface area contributed by atoms with Gasteiger partial charge in [-0.15, -0.1) is 0 Å². The standard InChI is InChI=1S/C13H12N4O/c1-18-11-3-12-10(6-16-13(12)17-7-11)2-9-4-14-8-15-5-9/h3-8H,2H2,1H3,(H,16,17). The Kier molecular flexibility index (Phi) is 2.64. The minimum Gasteiger partial charge on any atom is -0.495 e. The van der Waals surface area contributed by atoms with E-state index in [9.17, 15) is 0 Å². The Hall–Kier alpha value is -2.43. The topological polar surface area (TPSA) is 63.7 Å². The fourth-order valence-corrected chi connectivity index (χ4v) is 1.94. The minimum atomic E-state index is 0.757. The summed E-state index contributed by atoms with van der Waals surface area (Å²) in [5, 5.41) is 1.07. The number of rotatable bonds is 3. The fraction of sp³-hybridized carbons (Fsp3) is 0.154.